The van der Waals surface area contributed by atoms with E-state index in [9.17, 15) is 24.0 Å². The van der Waals surface area contributed by atoms with Gasteiger partial charge in [0.15, 0.2) is 12.4 Å². The molecule has 2 saturated carbocycles. The first kappa shape index (κ1) is 23.9. The number of rotatable bonds is 8. The first-order valence-corrected chi connectivity index (χ1v) is 12.3. The van der Waals surface area contributed by atoms with Crippen LogP contribution in [0, 0.1) is 23.7 Å². The van der Waals surface area contributed by atoms with E-state index in [1.807, 2.05) is 30.3 Å². The van der Waals surface area contributed by atoms with Gasteiger partial charge in [-0.25, -0.2) is 4.79 Å². The van der Waals surface area contributed by atoms with Crippen LogP contribution < -0.4 is 5.32 Å². The molecule has 0 unspecified atom stereocenters. The molecule has 1 aliphatic heterocycles. The zero-order valence-corrected chi connectivity index (χ0v) is 20.0. The van der Waals surface area contributed by atoms with E-state index in [0.29, 0.717) is 11.3 Å². The number of fused-ring (bicyclic) bond motifs is 5. The van der Waals surface area contributed by atoms with Crippen LogP contribution >= 0.6 is 0 Å². The van der Waals surface area contributed by atoms with Crippen molar-refractivity contribution in [1.82, 2.24) is 4.90 Å². The Labute approximate surface area is 209 Å². The van der Waals surface area contributed by atoms with Crippen molar-refractivity contribution in [3.8, 4) is 0 Å². The number of carbonyl (C=O) groups excluding carboxylic acids is 5. The lowest BCUT2D eigenvalue weighted by atomic mass is 9.81. The fourth-order valence-corrected chi connectivity index (χ4v) is 6.07. The second-order valence-electron chi connectivity index (χ2n) is 9.93. The fraction of sp³-hybridized carbons (Fsp3) is 0.393. The van der Waals surface area contributed by atoms with Crippen molar-refractivity contribution in [2.45, 2.75) is 38.6 Å². The number of hydrogen-bond acceptors (Lipinski definition) is 6. The molecule has 2 bridgehead atoms. The molecule has 186 valence electrons. The highest BCUT2D eigenvalue weighted by Gasteiger charge is 2.62. The first-order valence-electron chi connectivity index (χ1n) is 12.3. The molecule has 3 aliphatic rings. The highest BCUT2D eigenvalue weighted by Crippen LogP contribution is 2.56. The number of nitrogens with zero attached hydrogens (tertiary/aromatic N) is 1. The van der Waals surface area contributed by atoms with Crippen LogP contribution in [0.4, 0.5) is 5.69 Å². The van der Waals surface area contributed by atoms with Gasteiger partial charge in [-0.15, -0.1) is 0 Å². The quantitative estimate of drug-likeness (QED) is 0.348. The number of Topliss-reactive ketones (excluding diaryl/α,β-unsaturated/α-hetero) is 1. The number of esters is 1. The minimum absolute atomic E-state index is 0.0885. The summed E-state index contributed by atoms with van der Waals surface area (Å²) in [5, 5.41) is 2.62. The van der Waals surface area contributed by atoms with Gasteiger partial charge in [0.25, 0.3) is 5.91 Å². The van der Waals surface area contributed by atoms with Gasteiger partial charge in [-0.2, -0.15) is 0 Å². The van der Waals surface area contributed by atoms with E-state index in [1.165, 1.54) is 6.92 Å². The van der Waals surface area contributed by atoms with Crippen molar-refractivity contribution in [3.05, 3.63) is 65.7 Å². The summed E-state index contributed by atoms with van der Waals surface area (Å²) in [7, 11) is 0. The number of benzene rings is 2. The Morgan fingerprint density at radius 3 is 2.14 bits per heavy atom. The van der Waals surface area contributed by atoms with E-state index in [0.717, 1.165) is 29.7 Å². The lowest BCUT2D eigenvalue weighted by Crippen LogP contribution is -2.48. The SMILES string of the molecule is CC(=O)c1ccc(NC(=O)COC(=O)[C@H](Cc2ccccc2)N2C(=O)[C@@H]3[C@H]4CC[C@@H](C4)[C@@H]3C2=O)cc1. The van der Waals surface area contributed by atoms with Gasteiger partial charge in [0, 0.05) is 17.7 Å². The van der Waals surface area contributed by atoms with E-state index < -0.39 is 24.5 Å². The predicted molar refractivity (Wildman–Crippen MR) is 130 cm³/mol. The van der Waals surface area contributed by atoms with Gasteiger partial charge >= 0.3 is 5.97 Å². The van der Waals surface area contributed by atoms with E-state index in [-0.39, 0.29) is 47.7 Å². The van der Waals surface area contributed by atoms with Gasteiger partial charge in [0.05, 0.1) is 11.8 Å². The molecule has 36 heavy (non-hydrogen) atoms. The van der Waals surface area contributed by atoms with Crippen LogP contribution in [0.1, 0.15) is 42.1 Å². The van der Waals surface area contributed by atoms with Crippen molar-refractivity contribution in [2.75, 3.05) is 11.9 Å². The van der Waals surface area contributed by atoms with Crippen LogP contribution in [0.25, 0.3) is 0 Å². The monoisotopic (exact) mass is 488 g/mol. The number of hydrogen-bond donors (Lipinski definition) is 1. The molecule has 8 heteroatoms. The summed E-state index contributed by atoms with van der Waals surface area (Å²) < 4.78 is 5.32. The summed E-state index contributed by atoms with van der Waals surface area (Å²) in [6.45, 7) is 0.889. The maximum atomic E-state index is 13.4. The third-order valence-electron chi connectivity index (χ3n) is 7.74. The molecule has 2 aliphatic carbocycles. The molecule has 2 aromatic carbocycles. The van der Waals surface area contributed by atoms with Crippen molar-refractivity contribution in [3.63, 3.8) is 0 Å². The number of nitrogens with one attached hydrogen (secondary N) is 1. The van der Waals surface area contributed by atoms with E-state index in [1.54, 1.807) is 24.3 Å². The molecule has 1 saturated heterocycles. The second kappa shape index (κ2) is 9.68. The molecular formula is C28H28N2O6. The van der Waals surface area contributed by atoms with Gasteiger partial charge in [-0.1, -0.05) is 30.3 Å². The molecular weight excluding hydrogens is 460 g/mol. The van der Waals surface area contributed by atoms with Crippen molar-refractivity contribution in [2.24, 2.45) is 23.7 Å². The van der Waals surface area contributed by atoms with Crippen LogP contribution in [-0.4, -0.2) is 47.0 Å². The molecule has 0 spiro atoms. The maximum Gasteiger partial charge on any atom is 0.330 e. The molecule has 3 amide bonds. The molecule has 1 heterocycles. The first-order chi connectivity index (χ1) is 17.3. The summed E-state index contributed by atoms with van der Waals surface area (Å²) in [5.41, 5.74) is 1.76. The molecule has 0 radical (unpaired) electrons. The van der Waals surface area contributed by atoms with Gasteiger partial charge in [0.2, 0.25) is 11.8 Å². The van der Waals surface area contributed by atoms with Crippen molar-refractivity contribution < 1.29 is 28.7 Å². The number of amides is 3. The van der Waals surface area contributed by atoms with Crippen LogP contribution in [0.5, 0.6) is 0 Å². The van der Waals surface area contributed by atoms with Crippen LogP contribution in [-0.2, 0) is 30.3 Å². The highest BCUT2D eigenvalue weighted by molar-refractivity contribution is 6.09. The van der Waals surface area contributed by atoms with Crippen LogP contribution in [0.15, 0.2) is 54.6 Å². The van der Waals surface area contributed by atoms with E-state index in [2.05, 4.69) is 5.32 Å². The molecule has 0 aromatic heterocycles. The third-order valence-corrected chi connectivity index (χ3v) is 7.74. The predicted octanol–water partition coefficient (Wildman–Crippen LogP) is 3.01. The Hall–Kier alpha value is -3.81. The molecule has 8 nitrogen and oxygen atoms in total. The van der Waals surface area contributed by atoms with E-state index in [4.69, 9.17) is 4.74 Å². The Kier molecular flexibility index (Phi) is 6.43. The van der Waals surface area contributed by atoms with Gasteiger partial charge in [-0.05, 0) is 67.9 Å². The van der Waals surface area contributed by atoms with Gasteiger partial charge in [0.1, 0.15) is 6.04 Å². The summed E-state index contributed by atoms with van der Waals surface area (Å²) >= 11 is 0. The Bertz CT molecular complexity index is 1180. The highest BCUT2D eigenvalue weighted by atomic mass is 16.5. The summed E-state index contributed by atoms with van der Waals surface area (Å²) in [6, 6.07) is 14.4. The topological polar surface area (TPSA) is 110 Å². The number of ether oxygens (including phenoxy) is 1. The maximum absolute atomic E-state index is 13.4. The van der Waals surface area contributed by atoms with Crippen molar-refractivity contribution >= 4 is 35.2 Å². The van der Waals surface area contributed by atoms with Gasteiger partial charge in [-0.3, -0.25) is 24.1 Å². The number of ketones is 1. The Morgan fingerprint density at radius 1 is 0.944 bits per heavy atom. The number of imide groups is 1. The lowest BCUT2D eigenvalue weighted by Gasteiger charge is -2.26. The van der Waals surface area contributed by atoms with Crippen molar-refractivity contribution in [1.29, 1.82) is 0 Å². The summed E-state index contributed by atoms with van der Waals surface area (Å²) in [5.74, 6) is -2.29. The lowest BCUT2D eigenvalue weighted by molar-refractivity contribution is -0.160. The summed E-state index contributed by atoms with van der Waals surface area (Å²) in [6.07, 6.45) is 2.92. The molecule has 5 atom stereocenters. The molecule has 2 aromatic rings. The molecule has 3 fully saturated rings. The largest absolute Gasteiger partial charge is 0.454 e. The Morgan fingerprint density at radius 2 is 1.56 bits per heavy atom. The standard InChI is InChI=1S/C28H28N2O6/c1-16(31)18-9-11-21(12-10-18)29-23(32)15-36-28(35)22(13-17-5-3-2-4-6-17)30-26(33)24-19-7-8-20(14-19)25(24)27(30)34/h2-6,9-12,19-20,22,24-25H,7-8,13-15H2,1H3,(H,29,32)/t19-,20-,22-,24-,25+/m0/s1. The fourth-order valence-electron chi connectivity index (χ4n) is 6.07. The number of anilines is 1. The second-order valence-corrected chi connectivity index (χ2v) is 9.93. The Balaban J connectivity index is 1.29. The molecule has 5 rings (SSSR count). The van der Waals surface area contributed by atoms with Crippen LogP contribution in [0.3, 0.4) is 0 Å². The number of carbonyl (C=O) groups is 5. The van der Waals surface area contributed by atoms with Gasteiger partial charge < -0.3 is 10.1 Å². The summed E-state index contributed by atoms with van der Waals surface area (Å²) in [4.78, 5) is 64.9. The zero-order valence-electron chi connectivity index (χ0n) is 20.0. The normalized spacial score (nSPS) is 25.0. The molecule has 1 N–H and O–H groups in total. The minimum atomic E-state index is -1.12. The minimum Gasteiger partial charge on any atom is -0.454 e. The zero-order chi connectivity index (χ0) is 25.4. The average molecular weight is 489 g/mol. The number of likely N-dealkylation sites (tertiary alicyclic amines) is 1. The van der Waals surface area contributed by atoms with E-state index >= 15 is 0 Å². The third kappa shape index (κ3) is 4.43. The smallest absolute Gasteiger partial charge is 0.330 e. The van der Waals surface area contributed by atoms with Crippen LogP contribution in [0.2, 0.25) is 0 Å². The average Bonchev–Trinajstić information content (AvgIpc) is 3.56.